The van der Waals surface area contributed by atoms with Crippen LogP contribution < -0.4 is 5.18 Å². The molecule has 6 heteroatoms. The SMILES string of the molecule is O=[NH+]c1c(O)c(F)cc(Br)c1F. The summed E-state index contributed by atoms with van der Waals surface area (Å²) < 4.78 is 25.2. The summed E-state index contributed by atoms with van der Waals surface area (Å²) in [4.78, 5) is 10.0. The van der Waals surface area contributed by atoms with Gasteiger partial charge in [-0.2, -0.15) is 4.39 Å². The summed E-state index contributed by atoms with van der Waals surface area (Å²) >= 11 is 2.67. The van der Waals surface area contributed by atoms with Gasteiger partial charge in [0.2, 0.25) is 11.6 Å². The lowest BCUT2D eigenvalue weighted by atomic mass is 10.3. The molecule has 0 spiro atoms. The van der Waals surface area contributed by atoms with Gasteiger partial charge in [-0.05, 0) is 22.0 Å². The maximum atomic E-state index is 12.8. The Labute approximate surface area is 74.1 Å². The van der Waals surface area contributed by atoms with Gasteiger partial charge in [-0.1, -0.05) is 0 Å². The average Bonchev–Trinajstić information content (AvgIpc) is 2.02. The lowest BCUT2D eigenvalue weighted by molar-refractivity contribution is -0.383. The summed E-state index contributed by atoms with van der Waals surface area (Å²) in [6, 6.07) is 0.728. The van der Waals surface area contributed by atoms with Crippen LogP contribution in [0.5, 0.6) is 5.75 Å². The Hall–Kier alpha value is -1.04. The van der Waals surface area contributed by atoms with Crippen molar-refractivity contribution >= 4 is 21.6 Å². The van der Waals surface area contributed by atoms with Gasteiger partial charge in [-0.15, -0.1) is 0 Å². The van der Waals surface area contributed by atoms with Crippen LogP contribution in [-0.4, -0.2) is 5.11 Å². The molecule has 0 bridgehead atoms. The van der Waals surface area contributed by atoms with Crippen molar-refractivity contribution in [2.45, 2.75) is 0 Å². The lowest BCUT2D eigenvalue weighted by Gasteiger charge is -1.96. The van der Waals surface area contributed by atoms with Gasteiger partial charge in [0.05, 0.1) is 4.47 Å². The van der Waals surface area contributed by atoms with Crippen LogP contribution in [0.15, 0.2) is 10.5 Å². The van der Waals surface area contributed by atoms with E-state index in [0.717, 1.165) is 11.2 Å². The molecule has 0 aliphatic carbocycles. The first kappa shape index (κ1) is 9.05. The normalized spacial score (nSPS) is 9.92. The standard InChI is InChI=1S/C6H2BrF2NO2/c7-2-1-3(8)6(11)5(10-12)4(2)9/h1,11H/p+1. The molecule has 0 aliphatic rings. The molecular weight excluding hydrogens is 236 g/mol. The Morgan fingerprint density at radius 1 is 1.50 bits per heavy atom. The van der Waals surface area contributed by atoms with Gasteiger partial charge < -0.3 is 5.11 Å². The van der Waals surface area contributed by atoms with Gasteiger partial charge in [0, 0.05) is 10.1 Å². The highest BCUT2D eigenvalue weighted by atomic mass is 79.9. The number of benzene rings is 1. The first-order chi connectivity index (χ1) is 5.57. The van der Waals surface area contributed by atoms with E-state index >= 15 is 0 Å². The average molecular weight is 239 g/mol. The highest BCUT2D eigenvalue weighted by Crippen LogP contribution is 2.30. The Morgan fingerprint density at radius 2 is 2.08 bits per heavy atom. The van der Waals surface area contributed by atoms with E-state index in [0.29, 0.717) is 0 Å². The van der Waals surface area contributed by atoms with Crippen molar-refractivity contribution in [1.29, 1.82) is 0 Å². The van der Waals surface area contributed by atoms with Crippen molar-refractivity contribution < 1.29 is 19.1 Å². The number of nitroso groups, excluding NO2 is 1. The molecule has 0 unspecified atom stereocenters. The minimum atomic E-state index is -1.07. The van der Waals surface area contributed by atoms with Crippen LogP contribution in [0.3, 0.4) is 0 Å². The Kier molecular flexibility index (Phi) is 2.37. The van der Waals surface area contributed by atoms with Gasteiger partial charge in [0.25, 0.3) is 0 Å². The van der Waals surface area contributed by atoms with Crippen molar-refractivity contribution in [1.82, 2.24) is 0 Å². The van der Waals surface area contributed by atoms with Crippen LogP contribution in [0.2, 0.25) is 0 Å². The van der Waals surface area contributed by atoms with E-state index in [1.54, 1.807) is 0 Å². The molecule has 0 fully saturated rings. The molecule has 0 saturated carbocycles. The van der Waals surface area contributed by atoms with Crippen molar-refractivity contribution in [3.05, 3.63) is 27.1 Å². The number of nitrogens with one attached hydrogen (secondary N) is 1. The first-order valence-electron chi connectivity index (χ1n) is 2.82. The second kappa shape index (κ2) is 3.14. The monoisotopic (exact) mass is 238 g/mol. The zero-order valence-corrected chi connectivity index (χ0v) is 7.15. The molecule has 2 N–H and O–H groups in total. The van der Waals surface area contributed by atoms with Gasteiger partial charge in [-0.3, -0.25) is 0 Å². The number of phenols is 1. The molecule has 0 aliphatic heterocycles. The molecule has 1 aromatic carbocycles. The Bertz CT molecular complexity index is 317. The molecule has 0 heterocycles. The highest BCUT2D eigenvalue weighted by Gasteiger charge is 2.22. The third kappa shape index (κ3) is 1.29. The number of aromatic hydroxyl groups is 1. The van der Waals surface area contributed by atoms with Crippen molar-refractivity contribution in [2.75, 3.05) is 0 Å². The van der Waals surface area contributed by atoms with E-state index in [2.05, 4.69) is 15.9 Å². The van der Waals surface area contributed by atoms with Crippen molar-refractivity contribution in [3.8, 4) is 5.75 Å². The fraction of sp³-hybridized carbons (Fsp3) is 0. The van der Waals surface area contributed by atoms with Crippen LogP contribution in [-0.2, 0) is 0 Å². The smallest absolute Gasteiger partial charge is 0.334 e. The van der Waals surface area contributed by atoms with Crippen LogP contribution in [0, 0.1) is 16.5 Å². The van der Waals surface area contributed by atoms with E-state index in [-0.39, 0.29) is 4.47 Å². The highest BCUT2D eigenvalue weighted by molar-refractivity contribution is 9.10. The molecule has 0 aromatic heterocycles. The summed E-state index contributed by atoms with van der Waals surface area (Å²) in [5, 5.41) is 9.90. The van der Waals surface area contributed by atoms with Crippen molar-refractivity contribution in [3.63, 3.8) is 0 Å². The third-order valence-electron chi connectivity index (χ3n) is 1.25. The second-order valence-corrected chi connectivity index (χ2v) is 2.83. The lowest BCUT2D eigenvalue weighted by Crippen LogP contribution is -2.56. The number of rotatable bonds is 1. The number of hydrogen-bond donors (Lipinski definition) is 2. The van der Waals surface area contributed by atoms with Gasteiger partial charge >= 0.3 is 5.69 Å². The molecule has 1 aromatic rings. The minimum absolute atomic E-state index is 0.226. The third-order valence-corrected chi connectivity index (χ3v) is 1.82. The molecule has 1 rings (SSSR count). The van der Waals surface area contributed by atoms with E-state index in [4.69, 9.17) is 5.11 Å². The largest absolute Gasteiger partial charge is 0.500 e. The van der Waals surface area contributed by atoms with Gasteiger partial charge in [-0.25, -0.2) is 4.39 Å². The number of halogens is 3. The van der Waals surface area contributed by atoms with E-state index in [9.17, 15) is 13.7 Å². The van der Waals surface area contributed by atoms with Crippen LogP contribution >= 0.6 is 15.9 Å². The summed E-state index contributed by atoms with van der Waals surface area (Å²) in [5.41, 5.74) is -0.804. The fourth-order valence-electron chi connectivity index (χ4n) is 0.679. The molecule has 0 saturated heterocycles. The predicted octanol–water partition coefficient (Wildman–Crippen LogP) is 0.911. The summed E-state index contributed by atoms with van der Waals surface area (Å²) in [7, 11) is 0. The topological polar surface area (TPSA) is 51.3 Å². The molecule has 0 radical (unpaired) electrons. The van der Waals surface area contributed by atoms with E-state index < -0.39 is 23.1 Å². The Balaban J connectivity index is 3.52. The molecule has 3 nitrogen and oxygen atoms in total. The van der Waals surface area contributed by atoms with Gasteiger partial charge in [0.1, 0.15) is 0 Å². The van der Waals surface area contributed by atoms with Crippen molar-refractivity contribution in [2.24, 2.45) is 0 Å². The molecule has 0 amide bonds. The predicted molar refractivity (Wildman–Crippen MR) is 39.7 cm³/mol. The number of phenolic OH excluding ortho intramolecular Hbond substituents is 1. The zero-order chi connectivity index (χ0) is 9.30. The number of hydrogen-bond acceptors (Lipinski definition) is 2. The van der Waals surface area contributed by atoms with E-state index in [1.165, 1.54) is 0 Å². The Morgan fingerprint density at radius 3 is 2.58 bits per heavy atom. The summed E-state index contributed by atoms with van der Waals surface area (Å²) in [6.45, 7) is 0. The first-order valence-corrected chi connectivity index (χ1v) is 3.62. The molecule has 64 valence electrons. The molecule has 0 atom stereocenters. The zero-order valence-electron chi connectivity index (χ0n) is 5.57. The summed E-state index contributed by atoms with van der Waals surface area (Å²) in [6.07, 6.45) is 0. The second-order valence-electron chi connectivity index (χ2n) is 1.98. The van der Waals surface area contributed by atoms with Crippen LogP contribution in [0.4, 0.5) is 14.5 Å². The fourth-order valence-corrected chi connectivity index (χ4v) is 1.08. The quantitative estimate of drug-likeness (QED) is 0.565. The van der Waals surface area contributed by atoms with Crippen LogP contribution in [0.25, 0.3) is 0 Å². The van der Waals surface area contributed by atoms with Crippen LogP contribution in [0.1, 0.15) is 0 Å². The maximum absolute atomic E-state index is 12.8. The molecular formula is C6H3BrF2NO2+. The maximum Gasteiger partial charge on any atom is 0.334 e. The summed E-state index contributed by atoms with van der Waals surface area (Å²) in [5.74, 6) is -3.11. The van der Waals surface area contributed by atoms with E-state index in [1.807, 2.05) is 0 Å². The molecule has 12 heavy (non-hydrogen) atoms. The minimum Gasteiger partial charge on any atom is -0.500 e. The van der Waals surface area contributed by atoms with Gasteiger partial charge in [0.15, 0.2) is 5.82 Å².